The van der Waals surface area contributed by atoms with Crippen LogP contribution in [0.3, 0.4) is 0 Å². The van der Waals surface area contributed by atoms with E-state index >= 15 is 0 Å². The van der Waals surface area contributed by atoms with Crippen molar-refractivity contribution in [3.63, 3.8) is 0 Å². The number of anilines is 3. The number of carbonyl (C=O) groups is 3. The fourth-order valence-electron chi connectivity index (χ4n) is 4.22. The van der Waals surface area contributed by atoms with Gasteiger partial charge in [-0.2, -0.15) is 9.67 Å². The van der Waals surface area contributed by atoms with Gasteiger partial charge in [-0.05, 0) is 59.0 Å². The zero-order valence-electron chi connectivity index (χ0n) is 28.2. The maximum Gasteiger partial charge on any atom is 0.435 e. The normalized spacial score (nSPS) is 11.6. The highest BCUT2D eigenvalue weighted by atomic mass is 16.6. The Balaban J connectivity index is 1.62. The smallest absolute Gasteiger partial charge is 0.435 e. The lowest BCUT2D eigenvalue weighted by Gasteiger charge is -2.23. The molecule has 14 nitrogen and oxygen atoms in total. The second-order valence-electron chi connectivity index (χ2n) is 10.8. The van der Waals surface area contributed by atoms with Crippen LogP contribution >= 0.6 is 0 Å². The Morgan fingerprint density at radius 3 is 2.64 bits per heavy atom. The van der Waals surface area contributed by atoms with Crippen molar-refractivity contribution in [3.05, 3.63) is 42.1 Å². The summed E-state index contributed by atoms with van der Waals surface area (Å²) in [5.41, 5.74) is 1.79. The van der Waals surface area contributed by atoms with E-state index in [0.717, 1.165) is 11.1 Å². The summed E-state index contributed by atoms with van der Waals surface area (Å²) in [6.45, 7) is 7.46. The maximum absolute atomic E-state index is 12.6. The number of nitrogens with one attached hydrogen (secondary N) is 3. The molecule has 252 valence electrons. The van der Waals surface area contributed by atoms with E-state index in [-0.39, 0.29) is 18.4 Å². The molecular formula is C33H45N9O5. The predicted octanol–water partition coefficient (Wildman–Crippen LogP) is 3.62. The van der Waals surface area contributed by atoms with Crippen molar-refractivity contribution < 1.29 is 23.9 Å². The minimum atomic E-state index is -0.608. The molecule has 47 heavy (non-hydrogen) atoms. The number of unbranched alkanes of at least 4 members (excludes halogenated alkanes) is 1. The van der Waals surface area contributed by atoms with E-state index < -0.39 is 12.1 Å². The van der Waals surface area contributed by atoms with Gasteiger partial charge in [0.15, 0.2) is 0 Å². The number of likely N-dealkylation sites (N-methyl/N-ethyl adjacent to an activating group) is 2. The first-order valence-electron chi connectivity index (χ1n) is 15.6. The lowest BCUT2D eigenvalue weighted by molar-refractivity contribution is -0.135. The first kappa shape index (κ1) is 36.3. The minimum Gasteiger partial charge on any atom is -0.479 e. The van der Waals surface area contributed by atoms with Gasteiger partial charge in [-0.15, -0.1) is 5.10 Å². The van der Waals surface area contributed by atoms with Gasteiger partial charge in [0.2, 0.25) is 23.6 Å². The fourth-order valence-corrected chi connectivity index (χ4v) is 4.22. The lowest BCUT2D eigenvalue weighted by atomic mass is 10.2. The first-order chi connectivity index (χ1) is 22.6. The summed E-state index contributed by atoms with van der Waals surface area (Å²) in [5.74, 6) is 7.06. The molecule has 1 aromatic carbocycles. The van der Waals surface area contributed by atoms with Gasteiger partial charge in [-0.3, -0.25) is 9.59 Å². The molecular weight excluding hydrogens is 602 g/mol. The highest BCUT2D eigenvalue weighted by Gasteiger charge is 2.21. The summed E-state index contributed by atoms with van der Waals surface area (Å²) in [6.07, 6.45) is 6.36. The van der Waals surface area contributed by atoms with Gasteiger partial charge >= 0.3 is 6.09 Å². The van der Waals surface area contributed by atoms with Gasteiger partial charge in [-0.1, -0.05) is 24.8 Å². The molecule has 3 rings (SSSR count). The van der Waals surface area contributed by atoms with Crippen LogP contribution in [-0.4, -0.2) is 108 Å². The van der Waals surface area contributed by atoms with Crippen LogP contribution in [0.5, 0.6) is 5.88 Å². The Bertz CT molecular complexity index is 1620. The van der Waals surface area contributed by atoms with Crippen molar-refractivity contribution in [2.45, 2.75) is 46.1 Å². The molecule has 0 radical (unpaired) electrons. The average Bonchev–Trinajstić information content (AvgIpc) is 3.43. The Kier molecular flexibility index (Phi) is 14.0. The number of rotatable bonds is 15. The van der Waals surface area contributed by atoms with Gasteiger partial charge in [0.1, 0.15) is 11.9 Å². The molecule has 3 aromatic rings. The standard InChI is InChI=1S/C33H45N9O5/c1-8-18-34-29-24(14-11-10-12-19-35-30(44)23(3)41(6)28(43)15-13-20-40(4)5)22-36-32(38-29)37-25-16-17-26-27(21-25)42(33(45)47-9-2)39-31(26)46-7/h13,15-17,21-23H,8-10,12,18-20H2,1-7H3,(H,35,44)(H2,34,36,37,38)/b15-13+/t23-/m0/s1. The Morgan fingerprint density at radius 2 is 1.94 bits per heavy atom. The summed E-state index contributed by atoms with van der Waals surface area (Å²) < 4.78 is 11.6. The SMILES string of the molecule is CCCNc1nc(Nc2ccc3c(OC)nn(C(=O)OCC)c3c2)ncc1C#CCCCNC(=O)[C@H](C)N(C)C(=O)/C=C/CN(C)C. The molecule has 0 spiro atoms. The summed E-state index contributed by atoms with van der Waals surface area (Å²) in [4.78, 5) is 49.8. The molecule has 0 saturated heterocycles. The van der Waals surface area contributed by atoms with Crippen molar-refractivity contribution in [3.8, 4) is 17.7 Å². The fraction of sp³-hybridized carbons (Fsp3) is 0.455. The summed E-state index contributed by atoms with van der Waals surface area (Å²) in [7, 11) is 6.93. The third-order valence-corrected chi connectivity index (χ3v) is 6.91. The number of ether oxygens (including phenoxy) is 2. The zero-order chi connectivity index (χ0) is 34.3. The Morgan fingerprint density at radius 1 is 1.15 bits per heavy atom. The quantitative estimate of drug-likeness (QED) is 0.126. The molecule has 14 heteroatoms. The number of nitrogens with zero attached hydrogens (tertiary/aromatic N) is 6. The van der Waals surface area contributed by atoms with Crippen LogP contribution in [0.2, 0.25) is 0 Å². The molecule has 3 N–H and O–H groups in total. The van der Waals surface area contributed by atoms with Crippen LogP contribution in [0.25, 0.3) is 10.9 Å². The van der Waals surface area contributed by atoms with Crippen molar-refractivity contribution >= 4 is 46.3 Å². The molecule has 0 bridgehead atoms. The summed E-state index contributed by atoms with van der Waals surface area (Å²) in [5, 5.41) is 14.2. The Hall–Kier alpha value is -5.16. The van der Waals surface area contributed by atoms with E-state index in [0.29, 0.717) is 72.3 Å². The number of hydrogen-bond acceptors (Lipinski definition) is 11. The molecule has 0 aliphatic heterocycles. The lowest BCUT2D eigenvalue weighted by Crippen LogP contribution is -2.45. The molecule has 2 heterocycles. The monoisotopic (exact) mass is 647 g/mol. The number of methoxy groups -OCH3 is 1. The molecule has 2 amide bonds. The van der Waals surface area contributed by atoms with Crippen molar-refractivity contribution in [1.29, 1.82) is 0 Å². The van der Waals surface area contributed by atoms with Gasteiger partial charge in [0, 0.05) is 44.9 Å². The molecule has 0 aliphatic carbocycles. The van der Waals surface area contributed by atoms with E-state index in [1.54, 1.807) is 45.3 Å². The van der Waals surface area contributed by atoms with Crippen LogP contribution < -0.4 is 20.7 Å². The number of fused-ring (bicyclic) bond motifs is 1. The minimum absolute atomic E-state index is 0.212. The van der Waals surface area contributed by atoms with E-state index in [2.05, 4.69) is 49.8 Å². The largest absolute Gasteiger partial charge is 0.479 e. The number of benzene rings is 1. The van der Waals surface area contributed by atoms with Crippen LogP contribution in [0.15, 0.2) is 36.5 Å². The van der Waals surface area contributed by atoms with Gasteiger partial charge < -0.3 is 35.2 Å². The second-order valence-corrected chi connectivity index (χ2v) is 10.8. The molecule has 2 aromatic heterocycles. The predicted molar refractivity (Wildman–Crippen MR) is 182 cm³/mol. The number of carbonyl (C=O) groups excluding carboxylic acids is 3. The van der Waals surface area contributed by atoms with Crippen LogP contribution in [0.4, 0.5) is 22.2 Å². The van der Waals surface area contributed by atoms with Crippen LogP contribution in [0.1, 0.15) is 45.6 Å². The summed E-state index contributed by atoms with van der Waals surface area (Å²) >= 11 is 0. The van der Waals surface area contributed by atoms with E-state index in [4.69, 9.17) is 9.47 Å². The second kappa shape index (κ2) is 18.1. The van der Waals surface area contributed by atoms with Gasteiger partial charge in [0.05, 0.1) is 36.4 Å². The van der Waals surface area contributed by atoms with Crippen LogP contribution in [-0.2, 0) is 14.3 Å². The maximum atomic E-state index is 12.6. The van der Waals surface area contributed by atoms with Gasteiger partial charge in [-0.25, -0.2) is 9.78 Å². The van der Waals surface area contributed by atoms with Crippen molar-refractivity contribution in [2.24, 2.45) is 0 Å². The molecule has 0 unspecified atom stereocenters. The zero-order valence-corrected chi connectivity index (χ0v) is 28.2. The first-order valence-corrected chi connectivity index (χ1v) is 15.6. The van der Waals surface area contributed by atoms with E-state index in [1.165, 1.54) is 18.1 Å². The van der Waals surface area contributed by atoms with Gasteiger partial charge in [0.25, 0.3) is 0 Å². The molecule has 0 saturated carbocycles. The average molecular weight is 648 g/mol. The molecule has 1 atom stereocenters. The van der Waals surface area contributed by atoms with E-state index in [1.807, 2.05) is 25.1 Å². The number of amides is 2. The number of hydrogen-bond donors (Lipinski definition) is 3. The Labute approximate surface area is 275 Å². The highest BCUT2D eigenvalue weighted by molar-refractivity contribution is 5.94. The number of aromatic nitrogens is 4. The third-order valence-electron chi connectivity index (χ3n) is 6.91. The molecule has 0 aliphatic rings. The third kappa shape index (κ3) is 10.4. The summed E-state index contributed by atoms with van der Waals surface area (Å²) in [6, 6.07) is 4.76. The van der Waals surface area contributed by atoms with Crippen LogP contribution in [0, 0.1) is 11.8 Å². The van der Waals surface area contributed by atoms with Crippen molar-refractivity contribution in [1.82, 2.24) is 34.9 Å². The topological polar surface area (TPSA) is 156 Å². The van der Waals surface area contributed by atoms with E-state index in [9.17, 15) is 14.4 Å². The molecule has 0 fully saturated rings. The highest BCUT2D eigenvalue weighted by Crippen LogP contribution is 2.29. The van der Waals surface area contributed by atoms with Crippen molar-refractivity contribution in [2.75, 3.05) is 65.1 Å².